The van der Waals surface area contributed by atoms with E-state index < -0.39 is 0 Å². The number of rotatable bonds is 4. The van der Waals surface area contributed by atoms with Crippen molar-refractivity contribution in [3.63, 3.8) is 0 Å². The van der Waals surface area contributed by atoms with E-state index in [0.717, 1.165) is 24.3 Å². The van der Waals surface area contributed by atoms with Gasteiger partial charge in [-0.3, -0.25) is 4.79 Å². The monoisotopic (exact) mass is 483 g/mol. The third kappa shape index (κ3) is 3.63. The molecule has 0 bridgehead atoms. The lowest BCUT2D eigenvalue weighted by Gasteiger charge is -2.47. The van der Waals surface area contributed by atoms with E-state index in [4.69, 9.17) is 9.97 Å². The highest BCUT2D eigenvalue weighted by molar-refractivity contribution is 5.77. The minimum atomic E-state index is -0.117. The third-order valence-electron chi connectivity index (χ3n) is 7.64. The zero-order chi connectivity index (χ0) is 25.1. The predicted octanol–water partition coefficient (Wildman–Crippen LogP) is 4.56. The quantitative estimate of drug-likeness (QED) is 0.442. The molecule has 1 saturated carbocycles. The Morgan fingerprint density at radius 1 is 1.14 bits per heavy atom. The van der Waals surface area contributed by atoms with Crippen molar-refractivity contribution in [1.82, 2.24) is 29.6 Å². The molecule has 1 spiro atoms. The minimum absolute atomic E-state index is 0.113. The molecule has 1 aromatic carbocycles. The van der Waals surface area contributed by atoms with Crippen LogP contribution in [0.3, 0.4) is 0 Å². The molecule has 6 rings (SSSR count). The van der Waals surface area contributed by atoms with Gasteiger partial charge in [-0.05, 0) is 68.0 Å². The normalized spacial score (nSPS) is 16.7. The first-order chi connectivity index (χ1) is 17.3. The molecule has 0 atom stereocenters. The number of hydrogen-bond acceptors (Lipinski definition) is 6. The Balaban J connectivity index is 1.41. The summed E-state index contributed by atoms with van der Waals surface area (Å²) in [5.41, 5.74) is 5.23. The SMILES string of the molecule is CCn1c(=O)c2cnc(Nc3ccc4c(c3)CCNC43CCC3)nc2n1-c1cccc(C(C)(C)C)n1. The van der Waals surface area contributed by atoms with Crippen LogP contribution in [0.2, 0.25) is 0 Å². The number of fused-ring (bicyclic) bond motifs is 3. The molecule has 8 nitrogen and oxygen atoms in total. The zero-order valence-corrected chi connectivity index (χ0v) is 21.4. The van der Waals surface area contributed by atoms with Crippen LogP contribution in [0, 0.1) is 0 Å². The van der Waals surface area contributed by atoms with Crippen LogP contribution >= 0.6 is 0 Å². The summed E-state index contributed by atoms with van der Waals surface area (Å²) in [5, 5.41) is 7.60. The summed E-state index contributed by atoms with van der Waals surface area (Å²) in [6.07, 6.45) is 6.34. The average Bonchev–Trinajstić information content (AvgIpc) is 3.12. The molecule has 8 heteroatoms. The largest absolute Gasteiger partial charge is 0.324 e. The second-order valence-electron chi connectivity index (χ2n) is 11.0. The molecule has 3 aromatic heterocycles. The lowest BCUT2D eigenvalue weighted by atomic mass is 9.68. The van der Waals surface area contributed by atoms with Gasteiger partial charge in [-0.15, -0.1) is 0 Å². The highest BCUT2D eigenvalue weighted by Gasteiger charge is 2.41. The summed E-state index contributed by atoms with van der Waals surface area (Å²) < 4.78 is 3.49. The maximum absolute atomic E-state index is 13.2. The number of anilines is 2. The summed E-state index contributed by atoms with van der Waals surface area (Å²) >= 11 is 0. The van der Waals surface area contributed by atoms with Gasteiger partial charge >= 0.3 is 0 Å². The standard InChI is InChI=1S/C28H33N7O/c1-5-34-25(36)20-17-29-26(33-24(20)35(34)23-9-6-8-22(32-23)27(2,3)4)31-19-10-11-21-18(16-19)12-15-30-28(21)13-7-14-28/h6,8-11,16-17,30H,5,7,12-15H2,1-4H3,(H,29,31,33). The summed E-state index contributed by atoms with van der Waals surface area (Å²) in [5.74, 6) is 1.14. The number of nitrogens with one attached hydrogen (secondary N) is 2. The van der Waals surface area contributed by atoms with Crippen LogP contribution in [0.4, 0.5) is 11.6 Å². The molecule has 0 radical (unpaired) electrons. The molecule has 2 aliphatic rings. The van der Waals surface area contributed by atoms with E-state index in [1.54, 1.807) is 10.9 Å². The second-order valence-corrected chi connectivity index (χ2v) is 11.0. The molecule has 1 fully saturated rings. The first-order valence-electron chi connectivity index (χ1n) is 12.9. The van der Waals surface area contributed by atoms with E-state index in [0.29, 0.717) is 29.3 Å². The van der Waals surface area contributed by atoms with E-state index >= 15 is 0 Å². The summed E-state index contributed by atoms with van der Waals surface area (Å²) in [4.78, 5) is 27.4. The maximum Gasteiger partial charge on any atom is 0.278 e. The summed E-state index contributed by atoms with van der Waals surface area (Å²) in [6, 6.07) is 12.5. The van der Waals surface area contributed by atoms with Gasteiger partial charge in [0.2, 0.25) is 5.95 Å². The van der Waals surface area contributed by atoms with Crippen LogP contribution < -0.4 is 16.2 Å². The molecular formula is C28H33N7O. The van der Waals surface area contributed by atoms with Crippen molar-refractivity contribution in [3.8, 4) is 5.82 Å². The van der Waals surface area contributed by atoms with Crippen molar-refractivity contribution in [3.05, 3.63) is 69.8 Å². The van der Waals surface area contributed by atoms with Gasteiger partial charge in [-0.2, -0.15) is 4.98 Å². The van der Waals surface area contributed by atoms with Crippen molar-refractivity contribution in [1.29, 1.82) is 0 Å². The molecule has 1 aliphatic heterocycles. The van der Waals surface area contributed by atoms with Crippen LogP contribution in [0.5, 0.6) is 0 Å². The fourth-order valence-electron chi connectivity index (χ4n) is 5.55. The molecule has 186 valence electrons. The van der Waals surface area contributed by atoms with Gasteiger partial charge in [0.15, 0.2) is 11.5 Å². The number of benzene rings is 1. The van der Waals surface area contributed by atoms with Crippen LogP contribution in [-0.2, 0) is 23.9 Å². The fourth-order valence-corrected chi connectivity index (χ4v) is 5.55. The van der Waals surface area contributed by atoms with Crippen LogP contribution in [0.1, 0.15) is 63.8 Å². The molecule has 0 saturated heterocycles. The van der Waals surface area contributed by atoms with Crippen molar-refractivity contribution < 1.29 is 0 Å². The van der Waals surface area contributed by atoms with Gasteiger partial charge < -0.3 is 10.6 Å². The van der Waals surface area contributed by atoms with E-state index in [1.807, 2.05) is 29.8 Å². The van der Waals surface area contributed by atoms with Crippen molar-refractivity contribution in [2.45, 2.75) is 70.9 Å². The Morgan fingerprint density at radius 2 is 1.97 bits per heavy atom. The van der Waals surface area contributed by atoms with E-state index in [9.17, 15) is 4.79 Å². The Bertz CT molecular complexity index is 1520. The molecule has 36 heavy (non-hydrogen) atoms. The smallest absolute Gasteiger partial charge is 0.278 e. The maximum atomic E-state index is 13.2. The first kappa shape index (κ1) is 22.9. The van der Waals surface area contributed by atoms with Gasteiger partial charge in [-0.1, -0.05) is 32.9 Å². The number of nitrogens with zero attached hydrogens (tertiary/aromatic N) is 5. The van der Waals surface area contributed by atoms with Crippen molar-refractivity contribution in [2.24, 2.45) is 0 Å². The van der Waals surface area contributed by atoms with Gasteiger partial charge in [0.1, 0.15) is 5.39 Å². The lowest BCUT2D eigenvalue weighted by Crippen LogP contribution is -2.51. The summed E-state index contributed by atoms with van der Waals surface area (Å²) in [7, 11) is 0. The van der Waals surface area contributed by atoms with Crippen molar-refractivity contribution in [2.75, 3.05) is 11.9 Å². The highest BCUT2D eigenvalue weighted by Crippen LogP contribution is 2.45. The Labute approximate surface area is 210 Å². The Hall–Kier alpha value is -3.52. The van der Waals surface area contributed by atoms with Gasteiger partial charge in [-0.25, -0.2) is 19.3 Å². The molecule has 1 aliphatic carbocycles. The summed E-state index contributed by atoms with van der Waals surface area (Å²) in [6.45, 7) is 9.85. The molecule has 2 N–H and O–H groups in total. The highest BCUT2D eigenvalue weighted by atomic mass is 16.1. The Morgan fingerprint density at radius 3 is 2.69 bits per heavy atom. The van der Waals surface area contributed by atoms with Gasteiger partial charge in [0.25, 0.3) is 5.56 Å². The lowest BCUT2D eigenvalue weighted by molar-refractivity contribution is 0.176. The van der Waals surface area contributed by atoms with E-state index in [2.05, 4.69) is 54.6 Å². The molecule has 0 amide bonds. The Kier molecular flexibility index (Phi) is 5.26. The van der Waals surface area contributed by atoms with Crippen molar-refractivity contribution >= 4 is 22.7 Å². The van der Waals surface area contributed by atoms with E-state index in [-0.39, 0.29) is 16.5 Å². The third-order valence-corrected chi connectivity index (χ3v) is 7.64. The van der Waals surface area contributed by atoms with E-state index in [1.165, 1.54) is 30.4 Å². The van der Waals surface area contributed by atoms with Gasteiger partial charge in [0.05, 0.1) is 0 Å². The van der Waals surface area contributed by atoms with Crippen LogP contribution in [0.25, 0.3) is 16.9 Å². The first-order valence-corrected chi connectivity index (χ1v) is 12.9. The average molecular weight is 484 g/mol. The van der Waals surface area contributed by atoms with Crippen LogP contribution in [-0.4, -0.2) is 30.9 Å². The fraction of sp³-hybridized carbons (Fsp3) is 0.429. The van der Waals surface area contributed by atoms with Crippen LogP contribution in [0.15, 0.2) is 47.4 Å². The second kappa shape index (κ2) is 8.27. The minimum Gasteiger partial charge on any atom is -0.324 e. The molecular weight excluding hydrogens is 450 g/mol. The predicted molar refractivity (Wildman–Crippen MR) is 142 cm³/mol. The number of aromatic nitrogens is 5. The van der Waals surface area contributed by atoms with Gasteiger partial charge in [0, 0.05) is 41.6 Å². The number of hydrogen-bond donors (Lipinski definition) is 2. The topological polar surface area (TPSA) is 89.7 Å². The molecule has 4 aromatic rings. The zero-order valence-electron chi connectivity index (χ0n) is 21.4. The molecule has 0 unspecified atom stereocenters. The number of pyridine rings is 1. The molecule has 4 heterocycles.